The second-order valence-electron chi connectivity index (χ2n) is 23.2. The molecule has 0 spiro atoms. The van der Waals surface area contributed by atoms with E-state index in [9.17, 15) is 24.9 Å². The third-order valence-electron chi connectivity index (χ3n) is 21.8. The molecule has 0 aliphatic heterocycles. The van der Waals surface area contributed by atoms with Crippen molar-refractivity contribution in [2.24, 2.45) is 105 Å². The third kappa shape index (κ3) is 3.99. The molecular formula is C48H70O5. The van der Waals surface area contributed by atoms with Crippen molar-refractivity contribution >= 4 is 11.6 Å². The van der Waals surface area contributed by atoms with Gasteiger partial charge in [-0.3, -0.25) is 9.59 Å². The van der Waals surface area contributed by atoms with E-state index in [2.05, 4.69) is 47.6 Å². The molecule has 0 heterocycles. The first kappa shape index (κ1) is 35.1. The van der Waals surface area contributed by atoms with Crippen molar-refractivity contribution in [1.82, 2.24) is 0 Å². The van der Waals surface area contributed by atoms with E-state index >= 15 is 0 Å². The number of carbonyl (C=O) groups is 2. The minimum absolute atomic E-state index is 0.0706. The molecule has 5 heteroatoms. The van der Waals surface area contributed by atoms with Crippen LogP contribution in [-0.4, -0.2) is 43.7 Å². The van der Waals surface area contributed by atoms with Crippen molar-refractivity contribution in [3.63, 3.8) is 0 Å². The van der Waals surface area contributed by atoms with Gasteiger partial charge in [0, 0.05) is 24.7 Å². The second kappa shape index (κ2) is 10.5. The summed E-state index contributed by atoms with van der Waals surface area (Å²) in [5.41, 5.74) is 0.332. The number of Topliss-reactive ketones (excluding diaryl/α,β-unsaturated/α-hetero) is 1. The number of hydrogen-bond donors (Lipinski definition) is 3. The molecule has 53 heavy (non-hydrogen) atoms. The van der Waals surface area contributed by atoms with Gasteiger partial charge in [-0.1, -0.05) is 60.0 Å². The van der Waals surface area contributed by atoms with Crippen LogP contribution in [0, 0.1) is 105 Å². The Morgan fingerprint density at radius 2 is 1.19 bits per heavy atom. The lowest BCUT2D eigenvalue weighted by Crippen LogP contribution is -2.65. The molecule has 10 unspecified atom stereocenters. The van der Waals surface area contributed by atoms with Gasteiger partial charge in [0.1, 0.15) is 5.78 Å². The minimum Gasteiger partial charge on any atom is -0.389 e. The van der Waals surface area contributed by atoms with Gasteiger partial charge in [0.05, 0.1) is 16.8 Å². The summed E-state index contributed by atoms with van der Waals surface area (Å²) in [6, 6.07) is 0. The molecule has 0 aromatic heterocycles. The largest absolute Gasteiger partial charge is 0.389 e. The van der Waals surface area contributed by atoms with Crippen molar-refractivity contribution in [3.8, 4) is 0 Å². The van der Waals surface area contributed by atoms with Gasteiger partial charge in [-0.05, 0) is 182 Å². The Morgan fingerprint density at radius 1 is 0.623 bits per heavy atom. The van der Waals surface area contributed by atoms with Crippen LogP contribution in [0.1, 0.15) is 151 Å². The topological polar surface area (TPSA) is 94.8 Å². The van der Waals surface area contributed by atoms with Crippen molar-refractivity contribution in [2.75, 3.05) is 0 Å². The zero-order valence-corrected chi connectivity index (χ0v) is 33.8. The van der Waals surface area contributed by atoms with E-state index in [-0.39, 0.29) is 27.4 Å². The summed E-state index contributed by atoms with van der Waals surface area (Å²) >= 11 is 0. The fourth-order valence-corrected chi connectivity index (χ4v) is 19.3. The number of fused-ring (bicyclic) bond motifs is 20. The Hall–Kier alpha value is -1.04. The van der Waals surface area contributed by atoms with Crippen molar-refractivity contribution in [2.45, 2.75) is 167 Å². The molecule has 12 rings (SSSR count). The maximum Gasteiger partial charge on any atom is 0.155 e. The highest BCUT2D eigenvalue weighted by molar-refractivity contribution is 5.92. The lowest BCUT2D eigenvalue weighted by Gasteiger charge is -2.64. The molecule has 5 nitrogen and oxygen atoms in total. The first-order valence-corrected chi connectivity index (χ1v) is 23.0. The summed E-state index contributed by atoms with van der Waals surface area (Å²) in [6.45, 7) is 14.2. The van der Waals surface area contributed by atoms with Crippen LogP contribution >= 0.6 is 0 Å². The Morgan fingerprint density at radius 3 is 1.79 bits per heavy atom. The molecule has 292 valence electrons. The fourth-order valence-electron chi connectivity index (χ4n) is 19.3. The fraction of sp³-hybridized carbons (Fsp3) is 0.917. The molecule has 11 fully saturated rings. The maximum absolute atomic E-state index is 12.2. The molecule has 0 radical (unpaired) electrons. The number of allylic oxidation sites excluding steroid dienone is 1. The maximum atomic E-state index is 12.2. The van der Waals surface area contributed by atoms with Gasteiger partial charge < -0.3 is 15.3 Å². The van der Waals surface area contributed by atoms with E-state index in [1.54, 1.807) is 0 Å². The average Bonchev–Trinajstić information content (AvgIpc) is 3.92. The molecule has 0 saturated heterocycles. The van der Waals surface area contributed by atoms with Crippen molar-refractivity contribution in [3.05, 3.63) is 11.6 Å². The highest BCUT2D eigenvalue weighted by Crippen LogP contribution is 2.83. The van der Waals surface area contributed by atoms with E-state index in [4.69, 9.17) is 0 Å². The van der Waals surface area contributed by atoms with Crippen LogP contribution in [0.2, 0.25) is 0 Å². The van der Waals surface area contributed by atoms with Gasteiger partial charge in [0.15, 0.2) is 5.78 Å². The van der Waals surface area contributed by atoms with Gasteiger partial charge in [-0.15, -0.1) is 0 Å². The summed E-state index contributed by atoms with van der Waals surface area (Å²) in [6.07, 6.45) is 19.7. The van der Waals surface area contributed by atoms with E-state index in [1.165, 1.54) is 37.7 Å². The van der Waals surface area contributed by atoms with E-state index < -0.39 is 16.8 Å². The summed E-state index contributed by atoms with van der Waals surface area (Å²) < 4.78 is 0. The van der Waals surface area contributed by atoms with Crippen molar-refractivity contribution in [1.29, 1.82) is 0 Å². The van der Waals surface area contributed by atoms with Gasteiger partial charge >= 0.3 is 0 Å². The van der Waals surface area contributed by atoms with Crippen LogP contribution < -0.4 is 0 Å². The number of hydrogen-bond acceptors (Lipinski definition) is 5. The highest BCUT2D eigenvalue weighted by Gasteiger charge is 2.82. The first-order chi connectivity index (χ1) is 25.1. The quantitative estimate of drug-likeness (QED) is 0.270. The molecule has 0 aromatic carbocycles. The second-order valence-corrected chi connectivity index (χ2v) is 23.2. The zero-order valence-electron chi connectivity index (χ0n) is 33.8. The summed E-state index contributed by atoms with van der Waals surface area (Å²) in [5.74, 6) is 9.94. The molecule has 0 aromatic rings. The number of ketones is 2. The van der Waals surface area contributed by atoms with E-state index in [1.807, 2.05) is 0 Å². The third-order valence-corrected chi connectivity index (χ3v) is 21.8. The van der Waals surface area contributed by atoms with Crippen molar-refractivity contribution < 1.29 is 24.9 Å². The summed E-state index contributed by atoms with van der Waals surface area (Å²) in [5, 5.41) is 35.4. The minimum atomic E-state index is -0.747. The zero-order chi connectivity index (χ0) is 37.0. The van der Waals surface area contributed by atoms with E-state index in [0.717, 1.165) is 99.7 Å². The predicted octanol–water partition coefficient (Wildman–Crippen LogP) is 8.72. The first-order valence-electron chi connectivity index (χ1n) is 23.0. The molecule has 3 N–H and O–H groups in total. The van der Waals surface area contributed by atoms with Crippen LogP contribution in [0.4, 0.5) is 0 Å². The number of carbonyl (C=O) groups excluding carboxylic acids is 2. The Balaban J connectivity index is 0.000000125. The predicted molar refractivity (Wildman–Crippen MR) is 204 cm³/mol. The Labute approximate surface area is 319 Å². The molecule has 11 saturated carbocycles. The van der Waals surface area contributed by atoms with Crippen LogP contribution in [0.15, 0.2) is 11.6 Å². The standard InChI is InChI=1S/C24H36O3.C24H34O2/c1-4-7-23(26)18-11-15(18)20-19-14-10-17(14)24(27)12-13(25)5-8-21(24,2)16(19)6-9-22(20,23)3;1-4-7-24(26)19-12-16(19)21-20-15-11-14(15)18-10-13(25)5-8-22(18,2)17(20)6-9-23(21,24)3/h14-20,26-27H,4-12H2,1-3H3;10,14-17,19-21,26H,4-9,11-12H2,1-3H3/t14?,15-,16?,17-,18?,19?,20?,21-,22+,23+,24-;14-,15?,16-,17?,19?,20?,21?,22-,23+,24+/m11/s1. The SMILES string of the molecule is CCC[C@]1(O)C2C[C@H]2C2C3C4C[C@H]4C4=CC(=O)CC[C@]4(C)C3CC[C@@]21C.CCC[C@]1(O)C2C[C@H]2C2C3C4C[C@H]4[C@]4(O)CC(=O)CC[C@]4(C)C3CC[C@@]21C. The van der Waals surface area contributed by atoms with Gasteiger partial charge in [-0.2, -0.15) is 0 Å². The molecule has 21 atom stereocenters. The number of rotatable bonds is 4. The normalized spacial score (nSPS) is 63.6. The van der Waals surface area contributed by atoms with Gasteiger partial charge in [0.25, 0.3) is 0 Å². The summed E-state index contributed by atoms with van der Waals surface area (Å²) in [7, 11) is 0. The lowest BCUT2D eigenvalue weighted by atomic mass is 9.42. The molecule has 0 amide bonds. The molecular weight excluding hydrogens is 657 g/mol. The Kier molecular flexibility index (Phi) is 6.98. The Bertz CT molecular complexity index is 1680. The number of aliphatic hydroxyl groups is 3. The molecule has 0 bridgehead atoms. The van der Waals surface area contributed by atoms with Gasteiger partial charge in [-0.25, -0.2) is 0 Å². The average molecular weight is 727 g/mol. The lowest BCUT2D eigenvalue weighted by molar-refractivity contribution is -0.223. The smallest absolute Gasteiger partial charge is 0.155 e. The molecule has 12 aliphatic carbocycles. The van der Waals surface area contributed by atoms with Crippen LogP contribution in [0.25, 0.3) is 0 Å². The van der Waals surface area contributed by atoms with Crippen LogP contribution in [0.3, 0.4) is 0 Å². The van der Waals surface area contributed by atoms with Crippen LogP contribution in [-0.2, 0) is 9.59 Å². The monoisotopic (exact) mass is 727 g/mol. The van der Waals surface area contributed by atoms with Gasteiger partial charge in [0.2, 0.25) is 0 Å². The van der Waals surface area contributed by atoms with E-state index in [0.29, 0.717) is 66.0 Å². The van der Waals surface area contributed by atoms with Crippen LogP contribution in [0.5, 0.6) is 0 Å². The highest BCUT2D eigenvalue weighted by atomic mass is 16.3. The summed E-state index contributed by atoms with van der Waals surface area (Å²) in [4.78, 5) is 24.4. The molecule has 12 aliphatic rings.